The molecule has 0 saturated heterocycles. The summed E-state index contributed by atoms with van der Waals surface area (Å²) in [6.07, 6.45) is 0. The number of nitrogens with two attached hydrogens (primary N) is 1. The van der Waals surface area contributed by atoms with Gasteiger partial charge in [-0.1, -0.05) is 0 Å². The first kappa shape index (κ1) is 15.6. The minimum Gasteiger partial charge on any atom is -0.378 e. The van der Waals surface area contributed by atoms with E-state index in [1.54, 1.807) is 23.3 Å². The first-order chi connectivity index (χ1) is 7.13. The molecular formula is C9H17IN4OS. The second-order valence-electron chi connectivity index (χ2n) is 3.23. The van der Waals surface area contributed by atoms with Crippen LogP contribution < -0.4 is 5.73 Å². The molecule has 0 aliphatic rings. The number of hydrogen-bond donors (Lipinski definition) is 1. The third-order valence-corrected chi connectivity index (χ3v) is 2.60. The minimum absolute atomic E-state index is 0. The zero-order valence-corrected chi connectivity index (χ0v) is 12.8. The van der Waals surface area contributed by atoms with Crippen molar-refractivity contribution in [1.29, 1.82) is 0 Å². The topological polar surface area (TPSA) is 63.7 Å². The number of halogens is 1. The lowest BCUT2D eigenvalue weighted by atomic mass is 10.5. The van der Waals surface area contributed by atoms with Crippen molar-refractivity contribution in [2.24, 2.45) is 10.7 Å². The molecule has 1 aromatic rings. The van der Waals surface area contributed by atoms with Crippen molar-refractivity contribution < 1.29 is 4.74 Å². The molecule has 0 saturated carbocycles. The first-order valence-corrected chi connectivity index (χ1v) is 5.41. The molecule has 0 aliphatic heterocycles. The molecule has 5 nitrogen and oxygen atoms in total. The second kappa shape index (κ2) is 7.80. The van der Waals surface area contributed by atoms with Crippen LogP contribution >= 0.6 is 35.3 Å². The van der Waals surface area contributed by atoms with Gasteiger partial charge in [0.15, 0.2) is 5.96 Å². The standard InChI is InChI=1S/C9H16N4OS.HI/c1-13(2)9(10)11-4-7-6-15-8(12-7)5-14-3;/h6H,4-5H2,1-3H3,(H2,10,11);1H. The van der Waals surface area contributed by atoms with Crippen molar-refractivity contribution in [1.82, 2.24) is 9.88 Å². The Labute approximate surface area is 117 Å². The van der Waals surface area contributed by atoms with E-state index in [0.717, 1.165) is 10.7 Å². The Hall–Kier alpha value is -0.410. The maximum Gasteiger partial charge on any atom is 0.191 e. The minimum atomic E-state index is 0. The van der Waals surface area contributed by atoms with Crippen molar-refractivity contribution >= 4 is 41.3 Å². The largest absolute Gasteiger partial charge is 0.378 e. The third-order valence-electron chi connectivity index (χ3n) is 1.73. The molecule has 92 valence electrons. The maximum atomic E-state index is 5.66. The Bertz CT molecular complexity index is 340. The average Bonchev–Trinajstić information content (AvgIpc) is 2.62. The second-order valence-corrected chi connectivity index (χ2v) is 4.18. The number of methoxy groups -OCH3 is 1. The van der Waals surface area contributed by atoms with E-state index in [1.807, 2.05) is 19.5 Å². The monoisotopic (exact) mass is 356 g/mol. The van der Waals surface area contributed by atoms with Crippen LogP contribution in [0.2, 0.25) is 0 Å². The summed E-state index contributed by atoms with van der Waals surface area (Å²) in [7, 11) is 5.37. The van der Waals surface area contributed by atoms with Gasteiger partial charge in [-0.2, -0.15) is 0 Å². The Morgan fingerprint density at radius 3 is 2.88 bits per heavy atom. The lowest BCUT2D eigenvalue weighted by molar-refractivity contribution is 0.184. The van der Waals surface area contributed by atoms with E-state index in [4.69, 9.17) is 10.5 Å². The SMILES string of the molecule is COCc1nc(CN=C(N)N(C)C)cs1.I. The van der Waals surface area contributed by atoms with Crippen LogP contribution in [0.5, 0.6) is 0 Å². The highest BCUT2D eigenvalue weighted by molar-refractivity contribution is 14.0. The van der Waals surface area contributed by atoms with Crippen LogP contribution in [0.15, 0.2) is 10.4 Å². The molecule has 0 fully saturated rings. The van der Waals surface area contributed by atoms with Crippen LogP contribution in [-0.4, -0.2) is 37.0 Å². The lowest BCUT2D eigenvalue weighted by Gasteiger charge is -2.09. The molecule has 7 heteroatoms. The summed E-state index contributed by atoms with van der Waals surface area (Å²) in [4.78, 5) is 10.3. The van der Waals surface area contributed by atoms with Crippen LogP contribution in [-0.2, 0) is 17.9 Å². The molecule has 0 unspecified atom stereocenters. The van der Waals surface area contributed by atoms with E-state index in [1.165, 1.54) is 0 Å². The molecule has 2 N–H and O–H groups in total. The Balaban J connectivity index is 0.00000225. The van der Waals surface area contributed by atoms with Crippen LogP contribution in [0.25, 0.3) is 0 Å². The number of rotatable bonds is 4. The van der Waals surface area contributed by atoms with Crippen molar-refractivity contribution in [3.05, 3.63) is 16.1 Å². The highest BCUT2D eigenvalue weighted by Gasteiger charge is 2.01. The molecule has 0 radical (unpaired) electrons. The van der Waals surface area contributed by atoms with Gasteiger partial charge in [0.05, 0.1) is 18.8 Å². The fourth-order valence-corrected chi connectivity index (χ4v) is 1.67. The zero-order valence-electron chi connectivity index (χ0n) is 9.64. The molecule has 1 heterocycles. The van der Waals surface area contributed by atoms with E-state index < -0.39 is 0 Å². The van der Waals surface area contributed by atoms with Gasteiger partial charge in [-0.15, -0.1) is 35.3 Å². The summed E-state index contributed by atoms with van der Waals surface area (Å²) in [6, 6.07) is 0. The molecule has 0 amide bonds. The Morgan fingerprint density at radius 1 is 1.62 bits per heavy atom. The van der Waals surface area contributed by atoms with Gasteiger partial charge < -0.3 is 15.4 Å². The summed E-state index contributed by atoms with van der Waals surface area (Å²) in [5.74, 6) is 0.510. The molecular weight excluding hydrogens is 339 g/mol. The summed E-state index contributed by atoms with van der Waals surface area (Å²) in [5.41, 5.74) is 6.58. The van der Waals surface area contributed by atoms with Gasteiger partial charge in [0.25, 0.3) is 0 Å². The summed E-state index contributed by atoms with van der Waals surface area (Å²) in [6.45, 7) is 1.07. The summed E-state index contributed by atoms with van der Waals surface area (Å²) in [5, 5.41) is 2.94. The molecule has 0 aliphatic carbocycles. The normalized spacial score (nSPS) is 11.1. The van der Waals surface area contributed by atoms with Gasteiger partial charge in [0, 0.05) is 26.6 Å². The Morgan fingerprint density at radius 2 is 2.31 bits per heavy atom. The fourth-order valence-electron chi connectivity index (χ4n) is 0.915. The number of nitrogens with zero attached hydrogens (tertiary/aromatic N) is 3. The maximum absolute atomic E-state index is 5.66. The molecule has 16 heavy (non-hydrogen) atoms. The number of guanidine groups is 1. The van der Waals surface area contributed by atoms with Gasteiger partial charge in [-0.25, -0.2) is 9.98 Å². The number of thiazole rings is 1. The smallest absolute Gasteiger partial charge is 0.191 e. The average molecular weight is 356 g/mol. The molecule has 0 spiro atoms. The predicted molar refractivity (Wildman–Crippen MR) is 77.3 cm³/mol. The summed E-state index contributed by atoms with van der Waals surface area (Å²) >= 11 is 1.57. The molecule has 1 aromatic heterocycles. The van der Waals surface area contributed by atoms with E-state index in [2.05, 4.69) is 9.98 Å². The molecule has 0 atom stereocenters. The third kappa shape index (κ3) is 5.08. The van der Waals surface area contributed by atoms with E-state index in [-0.39, 0.29) is 24.0 Å². The number of aliphatic imine (C=N–C) groups is 1. The predicted octanol–water partition coefficient (Wildman–Crippen LogP) is 1.28. The van der Waals surface area contributed by atoms with Crippen LogP contribution in [0, 0.1) is 0 Å². The summed E-state index contributed by atoms with van der Waals surface area (Å²) < 4.78 is 4.98. The van der Waals surface area contributed by atoms with Gasteiger partial charge in [-0.05, 0) is 0 Å². The van der Waals surface area contributed by atoms with E-state index in [0.29, 0.717) is 19.1 Å². The van der Waals surface area contributed by atoms with Crippen LogP contribution in [0.4, 0.5) is 0 Å². The molecule has 0 bridgehead atoms. The first-order valence-electron chi connectivity index (χ1n) is 4.53. The fraction of sp³-hybridized carbons (Fsp3) is 0.556. The van der Waals surface area contributed by atoms with Gasteiger partial charge in [-0.3, -0.25) is 0 Å². The van der Waals surface area contributed by atoms with E-state index >= 15 is 0 Å². The zero-order chi connectivity index (χ0) is 11.3. The van der Waals surface area contributed by atoms with Crippen LogP contribution in [0.1, 0.15) is 10.7 Å². The molecule has 0 aromatic carbocycles. The van der Waals surface area contributed by atoms with Crippen molar-refractivity contribution in [3.8, 4) is 0 Å². The van der Waals surface area contributed by atoms with Gasteiger partial charge in [0.2, 0.25) is 0 Å². The van der Waals surface area contributed by atoms with E-state index in [9.17, 15) is 0 Å². The van der Waals surface area contributed by atoms with Crippen LogP contribution in [0.3, 0.4) is 0 Å². The van der Waals surface area contributed by atoms with Gasteiger partial charge >= 0.3 is 0 Å². The number of hydrogen-bond acceptors (Lipinski definition) is 4. The number of aromatic nitrogens is 1. The quantitative estimate of drug-likeness (QED) is 0.502. The van der Waals surface area contributed by atoms with Crippen molar-refractivity contribution in [2.75, 3.05) is 21.2 Å². The molecule has 1 rings (SSSR count). The Kier molecular flexibility index (Phi) is 7.60. The van der Waals surface area contributed by atoms with Gasteiger partial charge in [0.1, 0.15) is 5.01 Å². The number of ether oxygens (including phenoxy) is 1. The lowest BCUT2D eigenvalue weighted by Crippen LogP contribution is -2.30. The highest BCUT2D eigenvalue weighted by atomic mass is 127. The van der Waals surface area contributed by atoms with Crippen molar-refractivity contribution in [2.45, 2.75) is 13.2 Å². The highest BCUT2D eigenvalue weighted by Crippen LogP contribution is 2.11. The van der Waals surface area contributed by atoms with Crippen molar-refractivity contribution in [3.63, 3.8) is 0 Å².